The van der Waals surface area contributed by atoms with Crippen molar-refractivity contribution >= 4 is 6.03 Å². The van der Waals surface area contributed by atoms with Crippen LogP contribution in [-0.4, -0.2) is 34.7 Å². The summed E-state index contributed by atoms with van der Waals surface area (Å²) in [6.07, 6.45) is 2.15. The van der Waals surface area contributed by atoms with Gasteiger partial charge in [-0.25, -0.2) is 9.18 Å². The van der Waals surface area contributed by atoms with Crippen molar-refractivity contribution in [2.45, 2.75) is 58.7 Å². The predicted molar refractivity (Wildman–Crippen MR) is 88.4 cm³/mol. The third-order valence-electron chi connectivity index (χ3n) is 4.11. The van der Waals surface area contributed by atoms with Gasteiger partial charge < -0.3 is 15.3 Å². The van der Waals surface area contributed by atoms with Gasteiger partial charge in [0.2, 0.25) is 0 Å². The van der Waals surface area contributed by atoms with Crippen LogP contribution in [0.3, 0.4) is 0 Å². The lowest BCUT2D eigenvalue weighted by atomic mass is 9.87. The van der Waals surface area contributed by atoms with Crippen LogP contribution in [0.5, 0.6) is 0 Å². The van der Waals surface area contributed by atoms with Gasteiger partial charge in [-0.2, -0.15) is 0 Å². The summed E-state index contributed by atoms with van der Waals surface area (Å²) >= 11 is 0. The minimum Gasteiger partial charge on any atom is -0.393 e. The van der Waals surface area contributed by atoms with Crippen LogP contribution >= 0.6 is 0 Å². The Labute approximate surface area is 137 Å². The Morgan fingerprint density at radius 3 is 2.65 bits per heavy atom. The first kappa shape index (κ1) is 17.7. The smallest absolute Gasteiger partial charge is 0.317 e. The Kier molecular flexibility index (Phi) is 5.63. The van der Waals surface area contributed by atoms with E-state index in [2.05, 4.69) is 5.32 Å². The van der Waals surface area contributed by atoms with Crippen molar-refractivity contribution in [1.82, 2.24) is 10.2 Å². The molecule has 5 heteroatoms. The second-order valence-electron chi connectivity index (χ2n) is 7.33. The molecule has 1 fully saturated rings. The van der Waals surface area contributed by atoms with Gasteiger partial charge in [0.25, 0.3) is 0 Å². The molecule has 1 aliphatic carbocycles. The molecule has 0 aromatic heterocycles. The molecular formula is C18H27FN2O2. The molecule has 23 heavy (non-hydrogen) atoms. The summed E-state index contributed by atoms with van der Waals surface area (Å²) in [5.74, 6) is -0.277. The number of rotatable bonds is 7. The molecule has 4 nitrogen and oxygen atoms in total. The summed E-state index contributed by atoms with van der Waals surface area (Å²) in [4.78, 5) is 14.2. The lowest BCUT2D eigenvalue weighted by Gasteiger charge is -2.29. The zero-order valence-corrected chi connectivity index (χ0v) is 14.2. The average Bonchev–Trinajstić information content (AvgIpc) is 3.27. The SMILES string of the molecule is CC(O)CC(C)(C)CNC(=O)N(Cc1ccccc1F)C1CC1. The topological polar surface area (TPSA) is 52.6 Å². The van der Waals surface area contributed by atoms with Gasteiger partial charge in [-0.05, 0) is 37.7 Å². The normalized spacial score (nSPS) is 16.0. The van der Waals surface area contributed by atoms with E-state index in [0.717, 1.165) is 12.8 Å². The van der Waals surface area contributed by atoms with Crippen LogP contribution < -0.4 is 5.32 Å². The van der Waals surface area contributed by atoms with E-state index in [0.29, 0.717) is 25.1 Å². The van der Waals surface area contributed by atoms with Gasteiger partial charge in [0, 0.05) is 18.2 Å². The number of hydrogen-bond acceptors (Lipinski definition) is 2. The number of aliphatic hydroxyl groups is 1. The standard InChI is InChI=1S/C18H27FN2O2/c1-13(22)10-18(2,3)12-20-17(23)21(15-8-9-15)11-14-6-4-5-7-16(14)19/h4-7,13,15,22H,8-12H2,1-3H3,(H,20,23). The summed E-state index contributed by atoms with van der Waals surface area (Å²) in [7, 11) is 0. The fourth-order valence-corrected chi connectivity index (χ4v) is 2.85. The van der Waals surface area contributed by atoms with E-state index in [9.17, 15) is 14.3 Å². The Balaban J connectivity index is 1.96. The van der Waals surface area contributed by atoms with E-state index < -0.39 is 6.10 Å². The fourth-order valence-electron chi connectivity index (χ4n) is 2.85. The number of amides is 2. The lowest BCUT2D eigenvalue weighted by Crippen LogP contribution is -2.44. The monoisotopic (exact) mass is 322 g/mol. The number of nitrogens with zero attached hydrogens (tertiary/aromatic N) is 1. The molecule has 2 rings (SSSR count). The van der Waals surface area contributed by atoms with Gasteiger partial charge in [0.15, 0.2) is 0 Å². The molecule has 0 saturated heterocycles. The number of nitrogens with one attached hydrogen (secondary N) is 1. The number of urea groups is 1. The van der Waals surface area contributed by atoms with Crippen molar-refractivity contribution in [3.8, 4) is 0 Å². The van der Waals surface area contributed by atoms with Gasteiger partial charge >= 0.3 is 6.03 Å². The zero-order valence-electron chi connectivity index (χ0n) is 14.2. The highest BCUT2D eigenvalue weighted by atomic mass is 19.1. The quantitative estimate of drug-likeness (QED) is 0.809. The molecule has 0 aliphatic heterocycles. The molecule has 128 valence electrons. The summed E-state index contributed by atoms with van der Waals surface area (Å²) in [5.41, 5.74) is 0.356. The van der Waals surface area contributed by atoms with Crippen molar-refractivity contribution in [2.75, 3.05) is 6.54 Å². The van der Waals surface area contributed by atoms with E-state index in [1.165, 1.54) is 6.07 Å². The first-order valence-corrected chi connectivity index (χ1v) is 8.24. The maximum atomic E-state index is 13.8. The van der Waals surface area contributed by atoms with Gasteiger partial charge in [0.1, 0.15) is 5.82 Å². The molecule has 0 spiro atoms. The highest BCUT2D eigenvalue weighted by Gasteiger charge is 2.33. The van der Waals surface area contributed by atoms with E-state index in [1.54, 1.807) is 30.0 Å². The van der Waals surface area contributed by atoms with E-state index in [4.69, 9.17) is 0 Å². The summed E-state index contributed by atoms with van der Waals surface area (Å²) in [6.45, 7) is 6.55. The highest BCUT2D eigenvalue weighted by molar-refractivity contribution is 5.75. The van der Waals surface area contributed by atoms with Crippen LogP contribution in [-0.2, 0) is 6.54 Å². The Hall–Kier alpha value is -1.62. The zero-order chi connectivity index (χ0) is 17.0. The average molecular weight is 322 g/mol. The Morgan fingerprint density at radius 1 is 1.43 bits per heavy atom. The predicted octanol–water partition coefficient (Wildman–Crippen LogP) is 3.30. The van der Waals surface area contributed by atoms with E-state index >= 15 is 0 Å². The lowest BCUT2D eigenvalue weighted by molar-refractivity contribution is 0.126. The van der Waals surface area contributed by atoms with E-state index in [1.807, 2.05) is 13.8 Å². The molecule has 1 aromatic rings. The highest BCUT2D eigenvalue weighted by Crippen LogP contribution is 2.29. The number of carbonyl (C=O) groups is 1. The first-order chi connectivity index (χ1) is 10.8. The van der Waals surface area contributed by atoms with Crippen LogP contribution in [0, 0.1) is 11.2 Å². The first-order valence-electron chi connectivity index (χ1n) is 8.24. The minimum absolute atomic E-state index is 0.158. The summed E-state index contributed by atoms with van der Waals surface area (Å²) < 4.78 is 13.8. The van der Waals surface area contributed by atoms with Gasteiger partial charge in [0.05, 0.1) is 12.6 Å². The number of carbonyl (C=O) groups excluding carboxylic acids is 1. The van der Waals surface area contributed by atoms with Crippen LogP contribution in [0.2, 0.25) is 0 Å². The third kappa shape index (κ3) is 5.50. The molecule has 0 bridgehead atoms. The number of halogens is 1. The molecular weight excluding hydrogens is 295 g/mol. The molecule has 2 N–H and O–H groups in total. The van der Waals surface area contributed by atoms with Crippen molar-refractivity contribution < 1.29 is 14.3 Å². The van der Waals surface area contributed by atoms with Crippen molar-refractivity contribution in [1.29, 1.82) is 0 Å². The molecule has 0 radical (unpaired) electrons. The Bertz CT molecular complexity index is 542. The number of benzene rings is 1. The third-order valence-corrected chi connectivity index (χ3v) is 4.11. The fraction of sp³-hybridized carbons (Fsp3) is 0.611. The van der Waals surface area contributed by atoms with Crippen LogP contribution in [0.25, 0.3) is 0 Å². The van der Waals surface area contributed by atoms with Crippen LogP contribution in [0.4, 0.5) is 9.18 Å². The van der Waals surface area contributed by atoms with Gasteiger partial charge in [-0.3, -0.25) is 0 Å². The number of hydrogen-bond donors (Lipinski definition) is 2. The van der Waals surface area contributed by atoms with Crippen LogP contribution in [0.1, 0.15) is 45.6 Å². The molecule has 1 aliphatic rings. The Morgan fingerprint density at radius 2 is 2.09 bits per heavy atom. The molecule has 1 unspecified atom stereocenters. The largest absolute Gasteiger partial charge is 0.393 e. The van der Waals surface area contributed by atoms with Gasteiger partial charge in [-0.15, -0.1) is 0 Å². The maximum absolute atomic E-state index is 13.8. The summed E-state index contributed by atoms with van der Waals surface area (Å²) in [6, 6.07) is 6.62. The maximum Gasteiger partial charge on any atom is 0.317 e. The molecule has 1 atom stereocenters. The molecule has 2 amide bonds. The van der Waals surface area contributed by atoms with Gasteiger partial charge in [-0.1, -0.05) is 32.0 Å². The number of aliphatic hydroxyl groups excluding tert-OH is 1. The second kappa shape index (κ2) is 7.30. The summed E-state index contributed by atoms with van der Waals surface area (Å²) in [5, 5.41) is 12.5. The minimum atomic E-state index is -0.403. The molecule has 1 aromatic carbocycles. The molecule has 1 saturated carbocycles. The van der Waals surface area contributed by atoms with E-state index in [-0.39, 0.29) is 23.3 Å². The van der Waals surface area contributed by atoms with Crippen molar-refractivity contribution in [3.63, 3.8) is 0 Å². The van der Waals surface area contributed by atoms with Crippen molar-refractivity contribution in [2.24, 2.45) is 5.41 Å². The second-order valence-corrected chi connectivity index (χ2v) is 7.33. The molecule has 0 heterocycles. The van der Waals surface area contributed by atoms with Crippen molar-refractivity contribution in [3.05, 3.63) is 35.6 Å². The van der Waals surface area contributed by atoms with Crippen LogP contribution in [0.15, 0.2) is 24.3 Å².